The van der Waals surface area contributed by atoms with Crippen LogP contribution in [0, 0.1) is 5.82 Å². The van der Waals surface area contributed by atoms with Crippen LogP contribution < -0.4 is 20.9 Å². The summed E-state index contributed by atoms with van der Waals surface area (Å²) >= 11 is 0. The molecule has 0 atom stereocenters. The summed E-state index contributed by atoms with van der Waals surface area (Å²) < 4.78 is 14.0. The Balaban J connectivity index is 1.68. The van der Waals surface area contributed by atoms with Crippen molar-refractivity contribution in [1.82, 2.24) is 5.32 Å². The van der Waals surface area contributed by atoms with Crippen LogP contribution in [0.25, 0.3) is 0 Å². The number of nitrogens with two attached hydrogens (primary N) is 1. The normalized spacial score (nSPS) is 14.6. The Bertz CT molecular complexity index is 785. The summed E-state index contributed by atoms with van der Waals surface area (Å²) in [4.78, 5) is 16.3. The molecule has 1 fully saturated rings. The first-order valence-corrected chi connectivity index (χ1v) is 8.90. The van der Waals surface area contributed by atoms with Gasteiger partial charge in [-0.05, 0) is 44.2 Å². The van der Waals surface area contributed by atoms with Gasteiger partial charge in [0, 0.05) is 37.8 Å². The molecular weight excluding hydrogens is 331 g/mol. The zero-order valence-corrected chi connectivity index (χ0v) is 15.2. The first kappa shape index (κ1) is 18.0. The lowest BCUT2D eigenvalue weighted by molar-refractivity contribution is 0.0943. The Morgan fingerprint density at radius 3 is 2.23 bits per heavy atom. The summed E-state index contributed by atoms with van der Waals surface area (Å²) in [6.45, 7) is 6.77. The van der Waals surface area contributed by atoms with Gasteiger partial charge in [-0.1, -0.05) is 12.1 Å². The minimum atomic E-state index is -0.194. The Hall–Kier alpha value is -2.76. The first-order chi connectivity index (χ1) is 12.5. The first-order valence-electron chi connectivity index (χ1n) is 8.90. The predicted molar refractivity (Wildman–Crippen MR) is 104 cm³/mol. The molecular formula is C20H25FN4O. The van der Waals surface area contributed by atoms with Crippen molar-refractivity contribution in [1.29, 1.82) is 0 Å². The number of nitrogens with one attached hydrogen (secondary N) is 1. The van der Waals surface area contributed by atoms with Crippen molar-refractivity contribution in [2.75, 3.05) is 41.7 Å². The van der Waals surface area contributed by atoms with Gasteiger partial charge in [0.05, 0.1) is 17.1 Å². The molecule has 1 aliphatic heterocycles. The zero-order valence-electron chi connectivity index (χ0n) is 15.2. The summed E-state index contributed by atoms with van der Waals surface area (Å²) in [5, 5.41) is 2.86. The topological polar surface area (TPSA) is 61.6 Å². The van der Waals surface area contributed by atoms with E-state index in [1.165, 1.54) is 6.07 Å². The maximum atomic E-state index is 14.0. The number of rotatable bonds is 4. The molecule has 1 heterocycles. The summed E-state index contributed by atoms with van der Waals surface area (Å²) in [5.74, 6) is -0.316. The molecule has 1 saturated heterocycles. The Morgan fingerprint density at radius 2 is 1.65 bits per heavy atom. The highest BCUT2D eigenvalue weighted by molar-refractivity contribution is 5.96. The third-order valence-corrected chi connectivity index (χ3v) is 4.52. The highest BCUT2D eigenvalue weighted by Gasteiger charge is 2.21. The minimum Gasteiger partial charge on any atom is -0.397 e. The number of carbonyl (C=O) groups excluding carboxylic acids is 1. The van der Waals surface area contributed by atoms with E-state index in [0.717, 1.165) is 31.9 Å². The monoisotopic (exact) mass is 356 g/mol. The van der Waals surface area contributed by atoms with Gasteiger partial charge in [0.25, 0.3) is 5.91 Å². The second kappa shape index (κ2) is 7.64. The van der Waals surface area contributed by atoms with E-state index in [2.05, 4.69) is 10.2 Å². The number of amides is 1. The fourth-order valence-electron chi connectivity index (χ4n) is 3.23. The number of piperazine rings is 1. The Kier molecular flexibility index (Phi) is 5.30. The van der Waals surface area contributed by atoms with Gasteiger partial charge in [-0.25, -0.2) is 4.39 Å². The maximum Gasteiger partial charge on any atom is 0.251 e. The van der Waals surface area contributed by atoms with Crippen LogP contribution in [-0.2, 0) is 0 Å². The number of halogens is 1. The molecule has 1 aliphatic rings. The van der Waals surface area contributed by atoms with Crippen LogP contribution in [-0.4, -0.2) is 38.1 Å². The fraction of sp³-hybridized carbons (Fsp3) is 0.350. The van der Waals surface area contributed by atoms with E-state index in [1.54, 1.807) is 18.2 Å². The molecule has 26 heavy (non-hydrogen) atoms. The predicted octanol–water partition coefficient (Wildman–Crippen LogP) is 2.87. The maximum absolute atomic E-state index is 14.0. The highest BCUT2D eigenvalue weighted by atomic mass is 19.1. The van der Waals surface area contributed by atoms with E-state index < -0.39 is 0 Å². The molecule has 0 unspecified atom stereocenters. The molecule has 1 amide bonds. The number of nitrogens with zero attached hydrogens (tertiary/aromatic N) is 2. The highest BCUT2D eigenvalue weighted by Crippen LogP contribution is 2.27. The van der Waals surface area contributed by atoms with Gasteiger partial charge in [-0.15, -0.1) is 0 Å². The molecule has 0 radical (unpaired) electrons. The number of benzene rings is 2. The molecule has 0 spiro atoms. The molecule has 0 saturated carbocycles. The molecule has 3 N–H and O–H groups in total. The summed E-state index contributed by atoms with van der Waals surface area (Å²) in [6, 6.07) is 12.3. The Morgan fingerprint density at radius 1 is 1.04 bits per heavy atom. The lowest BCUT2D eigenvalue weighted by Gasteiger charge is -2.38. The van der Waals surface area contributed by atoms with Crippen LogP contribution >= 0.6 is 0 Å². The lowest BCUT2D eigenvalue weighted by atomic mass is 10.1. The standard InChI is InChI=1S/C20H25FN4O/c1-14(2)23-20(26)15-7-8-19(17(22)13-15)25-11-9-24(10-12-25)18-6-4-3-5-16(18)21/h3-8,13-14H,9-12,22H2,1-2H3,(H,23,26). The van der Waals surface area contributed by atoms with E-state index in [4.69, 9.17) is 5.73 Å². The minimum absolute atomic E-state index is 0.0786. The number of carbonyl (C=O) groups is 1. The molecule has 5 nitrogen and oxygen atoms in total. The molecule has 0 aliphatic carbocycles. The summed E-state index contributed by atoms with van der Waals surface area (Å²) in [7, 11) is 0. The van der Waals surface area contributed by atoms with E-state index in [-0.39, 0.29) is 17.8 Å². The van der Waals surface area contributed by atoms with Crippen molar-refractivity contribution in [3.63, 3.8) is 0 Å². The van der Waals surface area contributed by atoms with Gasteiger partial charge in [0.2, 0.25) is 0 Å². The Labute approximate surface area is 153 Å². The number of para-hydroxylation sites is 1. The van der Waals surface area contributed by atoms with Crippen LogP contribution in [0.1, 0.15) is 24.2 Å². The van der Waals surface area contributed by atoms with E-state index >= 15 is 0 Å². The molecule has 0 aromatic heterocycles. The smallest absolute Gasteiger partial charge is 0.251 e. The second-order valence-electron chi connectivity index (χ2n) is 6.83. The van der Waals surface area contributed by atoms with Gasteiger partial charge in [-0.3, -0.25) is 4.79 Å². The van der Waals surface area contributed by atoms with E-state index in [1.807, 2.05) is 36.9 Å². The van der Waals surface area contributed by atoms with Crippen LogP contribution in [0.2, 0.25) is 0 Å². The van der Waals surface area contributed by atoms with Gasteiger partial charge in [0.1, 0.15) is 5.82 Å². The molecule has 2 aromatic rings. The largest absolute Gasteiger partial charge is 0.397 e. The van der Waals surface area contributed by atoms with Gasteiger partial charge in [-0.2, -0.15) is 0 Å². The lowest BCUT2D eigenvalue weighted by Crippen LogP contribution is -2.47. The molecule has 0 bridgehead atoms. The SMILES string of the molecule is CC(C)NC(=O)c1ccc(N2CCN(c3ccccc3F)CC2)c(N)c1. The van der Waals surface area contributed by atoms with Crippen molar-refractivity contribution in [3.05, 3.63) is 53.8 Å². The molecule has 6 heteroatoms. The summed E-state index contributed by atoms with van der Waals surface area (Å²) in [5.41, 5.74) is 8.90. The van der Waals surface area contributed by atoms with Crippen LogP contribution in [0.5, 0.6) is 0 Å². The number of hydrogen-bond acceptors (Lipinski definition) is 4. The van der Waals surface area contributed by atoms with E-state index in [0.29, 0.717) is 16.9 Å². The molecule has 138 valence electrons. The van der Waals surface area contributed by atoms with Crippen molar-refractivity contribution in [2.45, 2.75) is 19.9 Å². The van der Waals surface area contributed by atoms with Gasteiger partial charge in [0.15, 0.2) is 0 Å². The second-order valence-corrected chi connectivity index (χ2v) is 6.83. The van der Waals surface area contributed by atoms with Gasteiger partial charge < -0.3 is 20.9 Å². The van der Waals surface area contributed by atoms with Crippen molar-refractivity contribution in [3.8, 4) is 0 Å². The fourth-order valence-corrected chi connectivity index (χ4v) is 3.23. The van der Waals surface area contributed by atoms with Crippen molar-refractivity contribution < 1.29 is 9.18 Å². The van der Waals surface area contributed by atoms with Crippen molar-refractivity contribution >= 4 is 23.0 Å². The average Bonchev–Trinajstić information content (AvgIpc) is 2.62. The number of hydrogen-bond donors (Lipinski definition) is 2. The average molecular weight is 356 g/mol. The van der Waals surface area contributed by atoms with Gasteiger partial charge >= 0.3 is 0 Å². The zero-order chi connectivity index (χ0) is 18.7. The third-order valence-electron chi connectivity index (χ3n) is 4.52. The van der Waals surface area contributed by atoms with Crippen LogP contribution in [0.15, 0.2) is 42.5 Å². The summed E-state index contributed by atoms with van der Waals surface area (Å²) in [6.07, 6.45) is 0. The number of anilines is 3. The van der Waals surface area contributed by atoms with Crippen LogP contribution in [0.4, 0.5) is 21.5 Å². The third kappa shape index (κ3) is 3.90. The van der Waals surface area contributed by atoms with Crippen LogP contribution in [0.3, 0.4) is 0 Å². The molecule has 2 aromatic carbocycles. The quantitative estimate of drug-likeness (QED) is 0.827. The molecule has 3 rings (SSSR count). The number of nitrogen functional groups attached to an aromatic ring is 1. The van der Waals surface area contributed by atoms with Crippen molar-refractivity contribution in [2.24, 2.45) is 0 Å². The van der Waals surface area contributed by atoms with E-state index in [9.17, 15) is 9.18 Å².